The van der Waals surface area contributed by atoms with Gasteiger partial charge in [0.1, 0.15) is 0 Å². The Balaban J connectivity index is 1.84. The fraction of sp³-hybridized carbons (Fsp3) is 0.167. The minimum atomic E-state index is -0.188. The summed E-state index contributed by atoms with van der Waals surface area (Å²) in [6.45, 7) is 8.24. The molecule has 134 valence electrons. The Kier molecular flexibility index (Phi) is 3.96. The molecule has 3 aromatic rings. The number of carbonyl (C=O) groups excluding carboxylic acids is 2. The third-order valence-electron chi connectivity index (χ3n) is 5.28. The number of aromatic nitrogens is 1. The fourth-order valence-corrected chi connectivity index (χ4v) is 3.82. The number of hydrogen-bond acceptors (Lipinski definition) is 2. The van der Waals surface area contributed by atoms with E-state index >= 15 is 0 Å². The predicted molar refractivity (Wildman–Crippen MR) is 108 cm³/mol. The topological polar surface area (TPSA) is 39.1 Å². The molecule has 0 radical (unpaired) electrons. The summed E-state index contributed by atoms with van der Waals surface area (Å²) in [5, 5.41) is 0. The van der Waals surface area contributed by atoms with Gasteiger partial charge < -0.3 is 4.57 Å². The number of benzene rings is 2. The molecule has 27 heavy (non-hydrogen) atoms. The highest BCUT2D eigenvalue weighted by Crippen LogP contribution is 2.30. The van der Waals surface area contributed by atoms with Crippen molar-refractivity contribution in [3.63, 3.8) is 0 Å². The van der Waals surface area contributed by atoms with Crippen LogP contribution in [0.4, 0.5) is 0 Å². The minimum Gasteiger partial charge on any atom is -0.318 e. The highest BCUT2D eigenvalue weighted by molar-refractivity contribution is 6.41. The molecule has 1 aliphatic carbocycles. The van der Waals surface area contributed by atoms with Crippen LogP contribution in [-0.4, -0.2) is 16.1 Å². The maximum Gasteiger partial charge on any atom is 0.197 e. The summed E-state index contributed by atoms with van der Waals surface area (Å²) < 4.78 is 2.19. The number of Topliss-reactive ketones (excluding diaryl/α,β-unsaturated/α-hetero) is 2. The van der Waals surface area contributed by atoms with Crippen LogP contribution in [0.1, 0.15) is 48.8 Å². The van der Waals surface area contributed by atoms with Gasteiger partial charge in [0.2, 0.25) is 0 Å². The molecule has 0 bridgehead atoms. The van der Waals surface area contributed by atoms with Gasteiger partial charge in [-0.05, 0) is 62.6 Å². The van der Waals surface area contributed by atoms with Crippen molar-refractivity contribution < 1.29 is 9.59 Å². The van der Waals surface area contributed by atoms with Crippen LogP contribution in [-0.2, 0) is 0 Å². The first kappa shape index (κ1) is 17.2. The summed E-state index contributed by atoms with van der Waals surface area (Å²) in [6.07, 6.45) is 1.74. The van der Waals surface area contributed by atoms with E-state index in [1.54, 1.807) is 30.3 Å². The lowest BCUT2D eigenvalue weighted by Gasteiger charge is -2.13. The van der Waals surface area contributed by atoms with Crippen molar-refractivity contribution in [2.45, 2.75) is 27.7 Å². The SMILES string of the molecule is Cc1ccc(C)c(-n2c(C)cc(C=C3C(=O)c4ccccc4C3=O)c2C)c1. The Bertz CT molecular complexity index is 1110. The first-order valence-corrected chi connectivity index (χ1v) is 9.05. The number of rotatable bonds is 2. The van der Waals surface area contributed by atoms with Crippen molar-refractivity contribution in [2.75, 3.05) is 0 Å². The molecule has 1 heterocycles. The molecule has 0 fully saturated rings. The van der Waals surface area contributed by atoms with Gasteiger partial charge in [0.15, 0.2) is 11.6 Å². The largest absolute Gasteiger partial charge is 0.318 e. The van der Waals surface area contributed by atoms with Gasteiger partial charge in [-0.3, -0.25) is 9.59 Å². The predicted octanol–water partition coefficient (Wildman–Crippen LogP) is 5.17. The van der Waals surface area contributed by atoms with Gasteiger partial charge in [0, 0.05) is 28.2 Å². The van der Waals surface area contributed by atoms with Crippen LogP contribution in [0.2, 0.25) is 0 Å². The van der Waals surface area contributed by atoms with Crippen molar-refractivity contribution in [1.82, 2.24) is 4.57 Å². The maximum absolute atomic E-state index is 12.7. The first-order chi connectivity index (χ1) is 12.9. The number of ketones is 2. The van der Waals surface area contributed by atoms with Gasteiger partial charge >= 0.3 is 0 Å². The number of fused-ring (bicyclic) bond motifs is 1. The molecule has 0 atom stereocenters. The van der Waals surface area contributed by atoms with Crippen LogP contribution in [0, 0.1) is 27.7 Å². The van der Waals surface area contributed by atoms with Crippen LogP contribution >= 0.6 is 0 Å². The van der Waals surface area contributed by atoms with E-state index in [2.05, 4.69) is 36.6 Å². The van der Waals surface area contributed by atoms with E-state index in [0.717, 1.165) is 22.6 Å². The Morgan fingerprint density at radius 3 is 2.07 bits per heavy atom. The number of hydrogen-bond donors (Lipinski definition) is 0. The summed E-state index contributed by atoms with van der Waals surface area (Å²) >= 11 is 0. The lowest BCUT2D eigenvalue weighted by atomic mass is 10.1. The molecule has 3 heteroatoms. The molecule has 0 saturated heterocycles. The molecule has 0 aliphatic heterocycles. The minimum absolute atomic E-state index is 0.188. The summed E-state index contributed by atoms with van der Waals surface area (Å²) in [4.78, 5) is 25.4. The fourth-order valence-electron chi connectivity index (χ4n) is 3.82. The molecule has 0 saturated carbocycles. The molecule has 0 amide bonds. The van der Waals surface area contributed by atoms with Gasteiger partial charge in [0.25, 0.3) is 0 Å². The number of allylic oxidation sites excluding steroid dienone is 1. The number of aryl methyl sites for hydroxylation is 3. The zero-order valence-corrected chi connectivity index (χ0v) is 16.0. The quantitative estimate of drug-likeness (QED) is 0.470. The van der Waals surface area contributed by atoms with Crippen LogP contribution in [0.15, 0.2) is 54.1 Å². The first-order valence-electron chi connectivity index (χ1n) is 9.05. The van der Waals surface area contributed by atoms with E-state index in [0.29, 0.717) is 11.1 Å². The van der Waals surface area contributed by atoms with Crippen LogP contribution in [0.25, 0.3) is 11.8 Å². The second kappa shape index (κ2) is 6.20. The van der Waals surface area contributed by atoms with Gasteiger partial charge in [-0.1, -0.05) is 36.4 Å². The van der Waals surface area contributed by atoms with E-state index in [9.17, 15) is 9.59 Å². The normalized spacial score (nSPS) is 13.3. The average molecular weight is 355 g/mol. The second-order valence-electron chi connectivity index (χ2n) is 7.21. The van der Waals surface area contributed by atoms with Gasteiger partial charge in [0.05, 0.1) is 5.57 Å². The number of carbonyl (C=O) groups is 2. The summed E-state index contributed by atoms with van der Waals surface area (Å²) in [5.41, 5.74) is 7.74. The van der Waals surface area contributed by atoms with Crippen molar-refractivity contribution in [3.8, 4) is 5.69 Å². The van der Waals surface area contributed by atoms with Crippen LogP contribution in [0.3, 0.4) is 0 Å². The summed E-state index contributed by atoms with van der Waals surface area (Å²) in [7, 11) is 0. The lowest BCUT2D eigenvalue weighted by Crippen LogP contribution is -2.03. The third kappa shape index (κ3) is 2.67. The second-order valence-corrected chi connectivity index (χ2v) is 7.21. The summed E-state index contributed by atoms with van der Waals surface area (Å²) in [6, 6.07) is 15.4. The van der Waals surface area contributed by atoms with E-state index in [-0.39, 0.29) is 17.1 Å². The van der Waals surface area contributed by atoms with Crippen molar-refractivity contribution in [3.05, 3.63) is 93.3 Å². The zero-order valence-electron chi connectivity index (χ0n) is 16.0. The maximum atomic E-state index is 12.7. The molecule has 3 nitrogen and oxygen atoms in total. The zero-order chi connectivity index (χ0) is 19.3. The molecule has 4 rings (SSSR count). The van der Waals surface area contributed by atoms with E-state index in [1.165, 1.54) is 11.1 Å². The molecular formula is C24H21NO2. The van der Waals surface area contributed by atoms with Crippen molar-refractivity contribution >= 4 is 17.6 Å². The van der Waals surface area contributed by atoms with E-state index < -0.39 is 0 Å². The molecular weight excluding hydrogens is 334 g/mol. The smallest absolute Gasteiger partial charge is 0.197 e. The summed E-state index contributed by atoms with van der Waals surface area (Å²) in [5.74, 6) is -0.376. The third-order valence-corrected chi connectivity index (χ3v) is 5.28. The molecule has 0 spiro atoms. The Labute approximate surface area is 159 Å². The van der Waals surface area contributed by atoms with E-state index in [1.807, 2.05) is 19.9 Å². The molecule has 1 aliphatic rings. The monoisotopic (exact) mass is 355 g/mol. The highest BCUT2D eigenvalue weighted by atomic mass is 16.2. The Morgan fingerprint density at radius 2 is 1.44 bits per heavy atom. The Hall–Kier alpha value is -3.20. The van der Waals surface area contributed by atoms with Crippen molar-refractivity contribution in [2.24, 2.45) is 0 Å². The molecule has 0 unspecified atom stereocenters. The standard InChI is InChI=1S/C24H21NO2/c1-14-9-10-15(2)22(11-14)25-16(3)12-18(17(25)4)13-21-23(26)19-7-5-6-8-20(19)24(21)27/h5-13H,1-4H3. The molecule has 0 N–H and O–H groups in total. The van der Waals surface area contributed by atoms with Gasteiger partial charge in [-0.15, -0.1) is 0 Å². The highest BCUT2D eigenvalue weighted by Gasteiger charge is 2.32. The van der Waals surface area contributed by atoms with Crippen LogP contribution < -0.4 is 0 Å². The van der Waals surface area contributed by atoms with Gasteiger partial charge in [-0.25, -0.2) is 0 Å². The van der Waals surface area contributed by atoms with Crippen LogP contribution in [0.5, 0.6) is 0 Å². The Morgan fingerprint density at radius 1 is 0.815 bits per heavy atom. The van der Waals surface area contributed by atoms with Gasteiger partial charge in [-0.2, -0.15) is 0 Å². The van der Waals surface area contributed by atoms with Crippen molar-refractivity contribution in [1.29, 1.82) is 0 Å². The average Bonchev–Trinajstić information content (AvgIpc) is 3.06. The molecule has 2 aromatic carbocycles. The van der Waals surface area contributed by atoms with E-state index in [4.69, 9.17) is 0 Å². The number of nitrogens with zero attached hydrogens (tertiary/aromatic N) is 1. The lowest BCUT2D eigenvalue weighted by molar-refractivity contribution is 0.0990. The molecule has 1 aromatic heterocycles.